The highest BCUT2D eigenvalue weighted by atomic mass is 16.5. The van der Waals surface area contributed by atoms with Crippen molar-refractivity contribution in [2.24, 2.45) is 11.0 Å². The van der Waals surface area contributed by atoms with Crippen molar-refractivity contribution in [3.05, 3.63) is 59.2 Å². The van der Waals surface area contributed by atoms with Crippen molar-refractivity contribution in [3.63, 3.8) is 0 Å². The summed E-state index contributed by atoms with van der Waals surface area (Å²) in [6.07, 6.45) is 2.55. The molecule has 1 aliphatic rings. The first-order valence-electron chi connectivity index (χ1n) is 9.55. The van der Waals surface area contributed by atoms with Crippen LogP contribution in [-0.4, -0.2) is 48.2 Å². The molecule has 0 saturated carbocycles. The molecule has 152 valence electrons. The van der Waals surface area contributed by atoms with Gasteiger partial charge >= 0.3 is 0 Å². The molecule has 1 fully saturated rings. The van der Waals surface area contributed by atoms with Crippen LogP contribution < -0.4 is 10.2 Å². The lowest BCUT2D eigenvalue weighted by atomic mass is 9.95. The zero-order valence-corrected chi connectivity index (χ0v) is 16.6. The number of likely N-dealkylation sites (tertiary alicyclic amines) is 1. The van der Waals surface area contributed by atoms with Gasteiger partial charge in [-0.1, -0.05) is 24.3 Å². The van der Waals surface area contributed by atoms with Crippen LogP contribution in [0.25, 0.3) is 0 Å². The third kappa shape index (κ3) is 4.74. The number of methoxy groups -OCH3 is 1. The van der Waals surface area contributed by atoms with Crippen LogP contribution >= 0.6 is 0 Å². The molecule has 3 rings (SSSR count). The van der Waals surface area contributed by atoms with Gasteiger partial charge in [0.1, 0.15) is 0 Å². The molecule has 0 atom stereocenters. The molecule has 0 radical (unpaired) electrons. The van der Waals surface area contributed by atoms with Crippen LogP contribution in [0.4, 0.5) is 0 Å². The average molecular weight is 395 g/mol. The summed E-state index contributed by atoms with van der Waals surface area (Å²) in [5.74, 6) is -0.0749. The highest BCUT2D eigenvalue weighted by Crippen LogP contribution is 2.28. The van der Waals surface area contributed by atoms with Gasteiger partial charge in [-0.05, 0) is 43.5 Å². The standard InChI is InChI=1S/C22H25N3O4/c1-15-6-3-4-8-18(15)22(28)25-12-10-16(11-13-25)21(27)24-23-14-17-7-5-9-19(29-2)20(17)26/h3-9,14,16,26H,10-13H2,1-2H3,(H,24,27)/b23-14-. The van der Waals surface area contributed by atoms with Crippen molar-refractivity contribution in [1.29, 1.82) is 0 Å². The Morgan fingerprint density at radius 3 is 2.59 bits per heavy atom. The molecular formula is C22H25N3O4. The Balaban J connectivity index is 1.53. The number of hydrogen-bond donors (Lipinski definition) is 2. The van der Waals surface area contributed by atoms with Crippen LogP contribution in [0.15, 0.2) is 47.6 Å². The van der Waals surface area contributed by atoms with Crippen molar-refractivity contribution in [2.75, 3.05) is 20.2 Å². The second-order valence-electron chi connectivity index (χ2n) is 7.01. The van der Waals surface area contributed by atoms with Gasteiger partial charge in [0.25, 0.3) is 5.91 Å². The van der Waals surface area contributed by atoms with Gasteiger partial charge in [-0.3, -0.25) is 9.59 Å². The number of amides is 2. The largest absolute Gasteiger partial charge is 0.504 e. The fourth-order valence-corrected chi connectivity index (χ4v) is 3.39. The number of nitrogens with zero attached hydrogens (tertiary/aromatic N) is 2. The van der Waals surface area contributed by atoms with E-state index in [0.29, 0.717) is 42.8 Å². The predicted molar refractivity (Wildman–Crippen MR) is 110 cm³/mol. The lowest BCUT2D eigenvalue weighted by molar-refractivity contribution is -0.126. The molecule has 29 heavy (non-hydrogen) atoms. The van der Waals surface area contributed by atoms with Gasteiger partial charge < -0.3 is 14.7 Å². The number of hydrazone groups is 1. The van der Waals surface area contributed by atoms with Gasteiger partial charge in [0.05, 0.1) is 13.3 Å². The number of benzene rings is 2. The molecule has 0 aromatic heterocycles. The van der Waals surface area contributed by atoms with Crippen LogP contribution in [0.1, 0.15) is 34.3 Å². The van der Waals surface area contributed by atoms with E-state index in [9.17, 15) is 14.7 Å². The molecule has 2 aromatic carbocycles. The summed E-state index contributed by atoms with van der Waals surface area (Å²) in [5, 5.41) is 14.0. The maximum atomic E-state index is 12.7. The van der Waals surface area contributed by atoms with E-state index in [-0.39, 0.29) is 23.5 Å². The van der Waals surface area contributed by atoms with E-state index in [1.807, 2.05) is 31.2 Å². The van der Waals surface area contributed by atoms with E-state index in [2.05, 4.69) is 10.5 Å². The Labute approximate surface area is 170 Å². The monoisotopic (exact) mass is 395 g/mol. The van der Waals surface area contributed by atoms with Gasteiger partial charge in [0.2, 0.25) is 5.91 Å². The van der Waals surface area contributed by atoms with E-state index in [4.69, 9.17) is 4.74 Å². The summed E-state index contributed by atoms with van der Waals surface area (Å²) in [6, 6.07) is 12.6. The summed E-state index contributed by atoms with van der Waals surface area (Å²) in [5.41, 5.74) is 4.63. The topological polar surface area (TPSA) is 91.2 Å². The number of phenolic OH excluding ortho intramolecular Hbond substituents is 1. The van der Waals surface area contributed by atoms with E-state index < -0.39 is 0 Å². The summed E-state index contributed by atoms with van der Waals surface area (Å²) in [6.45, 7) is 2.99. The third-order valence-electron chi connectivity index (χ3n) is 5.16. The minimum atomic E-state index is -0.202. The highest BCUT2D eigenvalue weighted by Gasteiger charge is 2.28. The second kappa shape index (κ2) is 9.23. The van der Waals surface area contributed by atoms with Crippen molar-refractivity contribution in [1.82, 2.24) is 10.3 Å². The lowest BCUT2D eigenvalue weighted by Crippen LogP contribution is -2.42. The molecule has 2 aromatic rings. The number of para-hydroxylation sites is 1. The van der Waals surface area contributed by atoms with Gasteiger partial charge in [-0.15, -0.1) is 0 Å². The molecule has 0 aliphatic carbocycles. The molecular weight excluding hydrogens is 370 g/mol. The van der Waals surface area contributed by atoms with Crippen LogP contribution in [0.2, 0.25) is 0 Å². The fraction of sp³-hybridized carbons (Fsp3) is 0.318. The zero-order chi connectivity index (χ0) is 20.8. The summed E-state index contributed by atoms with van der Waals surface area (Å²) < 4.78 is 5.05. The molecule has 0 unspecified atom stereocenters. The Kier molecular flexibility index (Phi) is 6.49. The molecule has 2 amide bonds. The normalized spacial score (nSPS) is 14.8. The molecule has 0 bridgehead atoms. The smallest absolute Gasteiger partial charge is 0.254 e. The number of hydrogen-bond acceptors (Lipinski definition) is 5. The summed E-state index contributed by atoms with van der Waals surface area (Å²) in [7, 11) is 1.47. The molecule has 0 spiro atoms. The number of carbonyl (C=O) groups excluding carboxylic acids is 2. The van der Waals surface area contributed by atoms with E-state index in [0.717, 1.165) is 5.56 Å². The Morgan fingerprint density at radius 2 is 1.90 bits per heavy atom. The first-order valence-corrected chi connectivity index (χ1v) is 9.55. The van der Waals surface area contributed by atoms with Gasteiger partial charge in [0, 0.05) is 30.1 Å². The van der Waals surface area contributed by atoms with E-state index >= 15 is 0 Å². The van der Waals surface area contributed by atoms with E-state index in [1.165, 1.54) is 13.3 Å². The molecule has 2 N–H and O–H groups in total. The quantitative estimate of drug-likeness (QED) is 0.602. The number of nitrogens with one attached hydrogen (secondary N) is 1. The van der Waals surface area contributed by atoms with Gasteiger partial charge in [-0.25, -0.2) is 5.43 Å². The van der Waals surface area contributed by atoms with Crippen LogP contribution in [-0.2, 0) is 4.79 Å². The first-order chi connectivity index (χ1) is 14.0. The molecule has 1 saturated heterocycles. The zero-order valence-electron chi connectivity index (χ0n) is 16.6. The lowest BCUT2D eigenvalue weighted by Gasteiger charge is -2.31. The summed E-state index contributed by atoms with van der Waals surface area (Å²) >= 11 is 0. The predicted octanol–water partition coefficient (Wildman–Crippen LogP) is 2.71. The SMILES string of the molecule is COc1cccc(/C=N\NC(=O)C2CCN(C(=O)c3ccccc3C)CC2)c1O. The highest BCUT2D eigenvalue weighted by molar-refractivity contribution is 5.95. The minimum absolute atomic E-state index is 0.00785. The maximum absolute atomic E-state index is 12.7. The number of carbonyl (C=O) groups is 2. The summed E-state index contributed by atoms with van der Waals surface area (Å²) in [4.78, 5) is 26.9. The number of piperidine rings is 1. The number of phenols is 1. The van der Waals surface area contributed by atoms with Crippen molar-refractivity contribution >= 4 is 18.0 Å². The average Bonchev–Trinajstić information content (AvgIpc) is 2.75. The number of ether oxygens (including phenoxy) is 1. The fourth-order valence-electron chi connectivity index (χ4n) is 3.39. The second-order valence-corrected chi connectivity index (χ2v) is 7.01. The van der Waals surface area contributed by atoms with Crippen molar-refractivity contribution < 1.29 is 19.4 Å². The van der Waals surface area contributed by atoms with E-state index in [1.54, 1.807) is 23.1 Å². The van der Waals surface area contributed by atoms with Crippen LogP contribution in [0.5, 0.6) is 11.5 Å². The Morgan fingerprint density at radius 1 is 1.17 bits per heavy atom. The van der Waals surface area contributed by atoms with Crippen molar-refractivity contribution in [3.8, 4) is 11.5 Å². The molecule has 1 aliphatic heterocycles. The number of aromatic hydroxyl groups is 1. The van der Waals surface area contributed by atoms with Crippen molar-refractivity contribution in [2.45, 2.75) is 19.8 Å². The number of aryl methyl sites for hydroxylation is 1. The minimum Gasteiger partial charge on any atom is -0.504 e. The molecule has 7 nitrogen and oxygen atoms in total. The Bertz CT molecular complexity index is 918. The number of rotatable bonds is 5. The molecule has 1 heterocycles. The van der Waals surface area contributed by atoms with Gasteiger partial charge in [-0.2, -0.15) is 5.10 Å². The van der Waals surface area contributed by atoms with Crippen LogP contribution in [0, 0.1) is 12.8 Å². The molecule has 7 heteroatoms. The van der Waals surface area contributed by atoms with Gasteiger partial charge in [0.15, 0.2) is 11.5 Å². The maximum Gasteiger partial charge on any atom is 0.254 e. The third-order valence-corrected chi connectivity index (χ3v) is 5.16. The Hall–Kier alpha value is -3.35. The first kappa shape index (κ1) is 20.4. The van der Waals surface area contributed by atoms with Crippen LogP contribution in [0.3, 0.4) is 0 Å².